The summed E-state index contributed by atoms with van der Waals surface area (Å²) in [7, 11) is 0. The van der Waals surface area contributed by atoms with E-state index in [1.54, 1.807) is 24.3 Å². The average molecular weight is 329 g/mol. The monoisotopic (exact) mass is 329 g/mol. The number of carbonyl (C=O) groups excluding carboxylic acids is 2. The van der Waals surface area contributed by atoms with Crippen LogP contribution in [0.5, 0.6) is 0 Å². The van der Waals surface area contributed by atoms with Gasteiger partial charge in [0.15, 0.2) is 0 Å². The van der Waals surface area contributed by atoms with E-state index in [9.17, 15) is 9.59 Å². The summed E-state index contributed by atoms with van der Waals surface area (Å²) in [4.78, 5) is 23.5. The van der Waals surface area contributed by atoms with Gasteiger partial charge in [-0.3, -0.25) is 0 Å². The van der Waals surface area contributed by atoms with Gasteiger partial charge < -0.3 is 0 Å². The van der Waals surface area contributed by atoms with Gasteiger partial charge in [-0.2, -0.15) is 0 Å². The summed E-state index contributed by atoms with van der Waals surface area (Å²) >= 11 is -1.64. The van der Waals surface area contributed by atoms with Crippen molar-refractivity contribution in [1.82, 2.24) is 4.90 Å². The van der Waals surface area contributed by atoms with Crippen molar-refractivity contribution in [3.8, 4) is 0 Å². The zero-order valence-corrected chi connectivity index (χ0v) is 13.0. The van der Waals surface area contributed by atoms with Crippen LogP contribution in [-0.4, -0.2) is 11.8 Å². The van der Waals surface area contributed by atoms with Crippen LogP contribution in [0.2, 0.25) is 0 Å². The zero-order valence-electron chi connectivity index (χ0n) is 10.2. The summed E-state index contributed by atoms with van der Waals surface area (Å²) in [5.41, 5.74) is 1.23. The molecule has 0 aliphatic heterocycles. The Kier molecular flexibility index (Phi) is 5.24. The van der Waals surface area contributed by atoms with Gasteiger partial charge in [-0.1, -0.05) is 0 Å². The fourth-order valence-corrected chi connectivity index (χ4v) is 3.15. The summed E-state index contributed by atoms with van der Waals surface area (Å²) in [6, 6.07) is 17.9. The molecule has 0 fully saturated rings. The third kappa shape index (κ3) is 4.26. The number of hydrogen-bond donors (Lipinski definition) is 2. The molecule has 5 heteroatoms. The first kappa shape index (κ1) is 13.9. The molecule has 2 aromatic carbocycles. The van der Waals surface area contributed by atoms with Crippen molar-refractivity contribution in [1.29, 1.82) is 0 Å². The van der Waals surface area contributed by atoms with E-state index in [-0.39, 0.29) is 11.8 Å². The Morgan fingerprint density at radius 1 is 0.684 bits per heavy atom. The van der Waals surface area contributed by atoms with Crippen LogP contribution in [0.4, 0.5) is 0 Å². The van der Waals surface area contributed by atoms with Crippen LogP contribution in [0.1, 0.15) is 20.7 Å². The predicted octanol–water partition coefficient (Wildman–Crippen LogP) is 1.76. The maximum absolute atomic E-state index is 11.7. The van der Waals surface area contributed by atoms with Gasteiger partial charge in [0.05, 0.1) is 0 Å². The first-order valence-electron chi connectivity index (χ1n) is 5.81. The third-order valence-corrected chi connectivity index (χ3v) is 4.48. The van der Waals surface area contributed by atoms with Crippen molar-refractivity contribution in [3.05, 3.63) is 71.8 Å². The topological polar surface area (TPSA) is 58.2 Å². The van der Waals surface area contributed by atoms with Crippen LogP contribution in [0.25, 0.3) is 0 Å². The van der Waals surface area contributed by atoms with Crippen LogP contribution in [0.15, 0.2) is 60.7 Å². The van der Waals surface area contributed by atoms with E-state index in [0.29, 0.717) is 11.1 Å². The molecule has 19 heavy (non-hydrogen) atoms. The van der Waals surface area contributed by atoms with Crippen molar-refractivity contribution in [2.24, 2.45) is 0 Å². The molecule has 0 heterocycles. The molecule has 93 valence electrons. The number of nitrogens with one attached hydrogen (secondary N) is 2. The van der Waals surface area contributed by atoms with Crippen LogP contribution < -0.4 is 4.90 Å². The van der Waals surface area contributed by atoms with Crippen molar-refractivity contribution in [3.63, 3.8) is 0 Å². The Balaban J connectivity index is 1.81. The first-order valence-corrected chi connectivity index (χ1v) is 8.65. The molecule has 0 unspecified atom stereocenters. The SMILES string of the molecule is O=C([NH][Y][NH]C(=O)c1ccccc1)c1ccccc1. The minimum absolute atomic E-state index is 0.129. The van der Waals surface area contributed by atoms with E-state index in [0.717, 1.165) is 0 Å². The maximum atomic E-state index is 11.7. The number of amides is 2. The first-order chi connectivity index (χ1) is 9.27. The van der Waals surface area contributed by atoms with Gasteiger partial charge >= 0.3 is 128 Å². The van der Waals surface area contributed by atoms with Gasteiger partial charge in [0.25, 0.3) is 0 Å². The van der Waals surface area contributed by atoms with Gasteiger partial charge in [0, 0.05) is 0 Å². The molecule has 2 N–H and O–H groups in total. The van der Waals surface area contributed by atoms with E-state index < -0.39 is 29.9 Å². The van der Waals surface area contributed by atoms with Gasteiger partial charge in [-0.05, 0) is 0 Å². The van der Waals surface area contributed by atoms with Crippen LogP contribution >= 0.6 is 0 Å². The minimum atomic E-state index is -1.64. The summed E-state index contributed by atoms with van der Waals surface area (Å²) in [5.74, 6) is -0.259. The molecule has 0 spiro atoms. The van der Waals surface area contributed by atoms with E-state index >= 15 is 0 Å². The summed E-state index contributed by atoms with van der Waals surface area (Å²) in [5, 5.41) is 0. The normalized spacial score (nSPS) is 9.26. The molecule has 0 atom stereocenters. The molecular formula is C14H12N2O2Y. The molecule has 0 aromatic heterocycles. The standard InChI is InChI=1S/2C7H7NO.Y/c2*8-7(9)6-4-2-1-3-5-6;/h2*1-5H,(H2,8,9);/q;;+2/p-2. The molecule has 0 radical (unpaired) electrons. The second kappa shape index (κ2) is 7.17. The molecule has 0 aliphatic carbocycles. The Hall–Kier alpha value is -1.52. The second-order valence-electron chi connectivity index (χ2n) is 3.82. The summed E-state index contributed by atoms with van der Waals surface area (Å²) in [6.45, 7) is 0. The number of rotatable bonds is 4. The second-order valence-corrected chi connectivity index (χ2v) is 5.95. The molecule has 0 saturated heterocycles. The molecule has 0 aliphatic rings. The fraction of sp³-hybridized carbons (Fsp3) is 0. The number of carbonyl (C=O) groups is 2. The Labute approximate surface area is 127 Å². The van der Waals surface area contributed by atoms with E-state index in [2.05, 4.69) is 4.90 Å². The molecular weight excluding hydrogens is 317 g/mol. The van der Waals surface area contributed by atoms with E-state index in [1.165, 1.54) is 0 Å². The van der Waals surface area contributed by atoms with Crippen LogP contribution in [-0.2, 0) is 29.9 Å². The van der Waals surface area contributed by atoms with Gasteiger partial charge in [-0.25, -0.2) is 0 Å². The summed E-state index contributed by atoms with van der Waals surface area (Å²) < 4.78 is 5.64. The fourth-order valence-electron chi connectivity index (χ4n) is 1.51. The third-order valence-electron chi connectivity index (χ3n) is 2.48. The molecule has 4 nitrogen and oxygen atoms in total. The van der Waals surface area contributed by atoms with Crippen LogP contribution in [0.3, 0.4) is 0 Å². The van der Waals surface area contributed by atoms with Crippen molar-refractivity contribution in [2.75, 3.05) is 0 Å². The Bertz CT molecular complexity index is 507. The van der Waals surface area contributed by atoms with Crippen molar-refractivity contribution < 1.29 is 39.5 Å². The Morgan fingerprint density at radius 3 is 1.42 bits per heavy atom. The average Bonchev–Trinajstić information content (AvgIpc) is 2.49. The van der Waals surface area contributed by atoms with E-state index in [4.69, 9.17) is 0 Å². The van der Waals surface area contributed by atoms with Crippen LogP contribution in [0, 0.1) is 0 Å². The Morgan fingerprint density at radius 2 is 1.05 bits per heavy atom. The van der Waals surface area contributed by atoms with Gasteiger partial charge in [0.2, 0.25) is 0 Å². The molecule has 2 rings (SSSR count). The quantitative estimate of drug-likeness (QED) is 0.898. The van der Waals surface area contributed by atoms with E-state index in [1.807, 2.05) is 36.4 Å². The van der Waals surface area contributed by atoms with Crippen molar-refractivity contribution >= 4 is 11.8 Å². The number of benzene rings is 2. The van der Waals surface area contributed by atoms with Crippen molar-refractivity contribution in [2.45, 2.75) is 0 Å². The number of hydrogen-bond acceptors (Lipinski definition) is 2. The summed E-state index contributed by atoms with van der Waals surface area (Å²) in [6.07, 6.45) is 0. The molecule has 2 amide bonds. The molecule has 2 aromatic rings. The van der Waals surface area contributed by atoms with Gasteiger partial charge in [-0.15, -0.1) is 0 Å². The molecule has 0 bridgehead atoms. The molecule has 0 saturated carbocycles. The predicted molar refractivity (Wildman–Crippen MR) is 67.8 cm³/mol. The van der Waals surface area contributed by atoms with Gasteiger partial charge in [0.1, 0.15) is 0 Å². The zero-order chi connectivity index (χ0) is 13.5.